The van der Waals surface area contributed by atoms with Crippen molar-refractivity contribution in [2.24, 2.45) is 5.92 Å². The highest BCUT2D eigenvalue weighted by Crippen LogP contribution is 2.28. The molecule has 0 spiro atoms. The number of hydrogen-bond acceptors (Lipinski definition) is 4. The molecule has 9 heteroatoms. The average Bonchev–Trinajstić information content (AvgIpc) is 2.66. The van der Waals surface area contributed by atoms with E-state index in [2.05, 4.69) is 4.98 Å². The fraction of sp³-hybridized carbons (Fsp3) is 0.368. The third kappa shape index (κ3) is 5.08. The molecule has 0 atom stereocenters. The van der Waals surface area contributed by atoms with Crippen LogP contribution >= 0.6 is 23.2 Å². The summed E-state index contributed by atoms with van der Waals surface area (Å²) in [6.45, 7) is 0.523. The predicted octanol–water partition coefficient (Wildman–Crippen LogP) is 4.13. The second-order valence-corrected chi connectivity index (χ2v) is 9.53. The SMILES string of the molecule is O=C(CCc1ccc(F)cn1)C1CCN(S(=O)(=O)c2cc(Cl)cc(Cl)c2)CC1. The quantitative estimate of drug-likeness (QED) is 0.671. The number of hydrogen-bond donors (Lipinski definition) is 0. The maximum Gasteiger partial charge on any atom is 0.243 e. The van der Waals surface area contributed by atoms with E-state index in [1.807, 2.05) is 0 Å². The Morgan fingerprint density at radius 1 is 1.14 bits per heavy atom. The van der Waals surface area contributed by atoms with Gasteiger partial charge in [0, 0.05) is 41.2 Å². The number of rotatable bonds is 6. The smallest absolute Gasteiger partial charge is 0.243 e. The van der Waals surface area contributed by atoms with Crippen LogP contribution in [-0.4, -0.2) is 36.6 Å². The Balaban J connectivity index is 1.57. The van der Waals surface area contributed by atoms with E-state index in [0.29, 0.717) is 31.4 Å². The number of benzene rings is 1. The Bertz CT molecular complexity index is 939. The van der Waals surface area contributed by atoms with Gasteiger partial charge in [-0.05, 0) is 49.6 Å². The summed E-state index contributed by atoms with van der Waals surface area (Å²) in [6.07, 6.45) is 2.80. The van der Waals surface area contributed by atoms with Crippen molar-refractivity contribution >= 4 is 39.0 Å². The summed E-state index contributed by atoms with van der Waals surface area (Å²) in [4.78, 5) is 16.5. The van der Waals surface area contributed by atoms with Crippen molar-refractivity contribution in [1.29, 1.82) is 0 Å². The van der Waals surface area contributed by atoms with E-state index in [1.165, 1.54) is 28.6 Å². The lowest BCUT2D eigenvalue weighted by Gasteiger charge is -2.30. The van der Waals surface area contributed by atoms with E-state index in [4.69, 9.17) is 23.2 Å². The molecule has 0 unspecified atom stereocenters. The zero-order chi connectivity index (χ0) is 20.3. The summed E-state index contributed by atoms with van der Waals surface area (Å²) >= 11 is 11.8. The second-order valence-electron chi connectivity index (χ2n) is 6.72. The van der Waals surface area contributed by atoms with Gasteiger partial charge in [0.1, 0.15) is 11.6 Å². The number of carbonyl (C=O) groups is 1. The molecular formula is C19H19Cl2FN2O3S. The van der Waals surface area contributed by atoms with Gasteiger partial charge < -0.3 is 0 Å². The first-order valence-corrected chi connectivity index (χ1v) is 11.0. The van der Waals surface area contributed by atoms with Crippen LogP contribution in [0.1, 0.15) is 25.0 Å². The Kier molecular flexibility index (Phi) is 6.70. The Hall–Kier alpha value is -1.54. The molecule has 0 amide bonds. The van der Waals surface area contributed by atoms with E-state index < -0.39 is 15.8 Å². The number of ketones is 1. The van der Waals surface area contributed by atoms with Crippen LogP contribution in [0.25, 0.3) is 0 Å². The Morgan fingerprint density at radius 3 is 2.36 bits per heavy atom. The summed E-state index contributed by atoms with van der Waals surface area (Å²) in [5.41, 5.74) is 0.660. The molecule has 2 aromatic rings. The number of piperidine rings is 1. The summed E-state index contributed by atoms with van der Waals surface area (Å²) in [5.74, 6) is -0.520. The van der Waals surface area contributed by atoms with Crippen molar-refractivity contribution in [2.45, 2.75) is 30.6 Å². The summed E-state index contributed by atoms with van der Waals surface area (Å²) < 4.78 is 39.8. The fourth-order valence-electron chi connectivity index (χ4n) is 3.25. The monoisotopic (exact) mass is 444 g/mol. The number of carbonyl (C=O) groups excluding carboxylic acids is 1. The Morgan fingerprint density at radius 2 is 1.79 bits per heavy atom. The highest BCUT2D eigenvalue weighted by Gasteiger charge is 2.32. The van der Waals surface area contributed by atoms with Gasteiger partial charge in [-0.2, -0.15) is 4.31 Å². The summed E-state index contributed by atoms with van der Waals surface area (Å²) in [6, 6.07) is 7.10. The first kappa shape index (κ1) is 21.2. The van der Waals surface area contributed by atoms with Crippen LogP contribution in [0, 0.1) is 11.7 Å². The lowest BCUT2D eigenvalue weighted by Crippen LogP contribution is -2.40. The van der Waals surface area contributed by atoms with E-state index in [1.54, 1.807) is 6.07 Å². The van der Waals surface area contributed by atoms with Gasteiger partial charge in [-0.1, -0.05) is 23.2 Å². The van der Waals surface area contributed by atoms with Gasteiger partial charge in [0.05, 0.1) is 11.1 Å². The molecule has 1 fully saturated rings. The minimum absolute atomic E-state index is 0.0529. The maximum atomic E-state index is 12.9. The number of nitrogens with zero attached hydrogens (tertiary/aromatic N) is 2. The van der Waals surface area contributed by atoms with E-state index in [0.717, 1.165) is 6.20 Å². The molecule has 0 N–H and O–H groups in total. The van der Waals surface area contributed by atoms with Crippen molar-refractivity contribution in [1.82, 2.24) is 9.29 Å². The van der Waals surface area contributed by atoms with Gasteiger partial charge in [-0.25, -0.2) is 12.8 Å². The molecule has 1 aliphatic rings. The van der Waals surface area contributed by atoms with Crippen LogP contribution in [0.3, 0.4) is 0 Å². The van der Waals surface area contributed by atoms with Gasteiger partial charge in [-0.3, -0.25) is 9.78 Å². The molecule has 1 saturated heterocycles. The summed E-state index contributed by atoms with van der Waals surface area (Å²) in [5, 5.41) is 0.510. The van der Waals surface area contributed by atoms with E-state index >= 15 is 0 Å². The molecule has 0 radical (unpaired) electrons. The number of aromatic nitrogens is 1. The molecule has 1 aromatic carbocycles. The number of sulfonamides is 1. The van der Waals surface area contributed by atoms with Crippen molar-refractivity contribution in [3.63, 3.8) is 0 Å². The van der Waals surface area contributed by atoms with Crippen molar-refractivity contribution in [3.05, 3.63) is 58.1 Å². The molecule has 3 rings (SSSR count). The molecule has 0 aliphatic carbocycles. The Labute approximate surface area is 173 Å². The second kappa shape index (κ2) is 8.86. The average molecular weight is 445 g/mol. The van der Waals surface area contributed by atoms with Crippen molar-refractivity contribution in [2.75, 3.05) is 13.1 Å². The van der Waals surface area contributed by atoms with Crippen LogP contribution < -0.4 is 0 Å². The lowest BCUT2D eigenvalue weighted by molar-refractivity contribution is -0.123. The molecular weight excluding hydrogens is 426 g/mol. The normalized spacial score (nSPS) is 16.2. The van der Waals surface area contributed by atoms with Gasteiger partial charge in [0.15, 0.2) is 0 Å². The third-order valence-electron chi connectivity index (χ3n) is 4.80. The van der Waals surface area contributed by atoms with Crippen LogP contribution in [0.5, 0.6) is 0 Å². The zero-order valence-electron chi connectivity index (χ0n) is 14.9. The molecule has 150 valence electrons. The largest absolute Gasteiger partial charge is 0.299 e. The fourth-order valence-corrected chi connectivity index (χ4v) is 5.45. The van der Waals surface area contributed by atoms with Crippen LogP contribution in [0.4, 0.5) is 4.39 Å². The van der Waals surface area contributed by atoms with Crippen molar-refractivity contribution in [3.8, 4) is 0 Å². The molecule has 2 heterocycles. The number of halogens is 3. The number of pyridine rings is 1. The minimum atomic E-state index is -3.71. The van der Waals surface area contributed by atoms with Gasteiger partial charge in [0.2, 0.25) is 10.0 Å². The molecule has 1 aliphatic heterocycles. The molecule has 0 saturated carbocycles. The minimum Gasteiger partial charge on any atom is -0.299 e. The number of Topliss-reactive ketones (excluding diaryl/α,β-unsaturated/α-hetero) is 1. The highest BCUT2D eigenvalue weighted by atomic mass is 35.5. The summed E-state index contributed by atoms with van der Waals surface area (Å²) in [7, 11) is -3.71. The topological polar surface area (TPSA) is 67.3 Å². The predicted molar refractivity (Wildman–Crippen MR) is 105 cm³/mol. The van der Waals surface area contributed by atoms with Crippen molar-refractivity contribution < 1.29 is 17.6 Å². The van der Waals surface area contributed by atoms with Gasteiger partial charge in [0.25, 0.3) is 0 Å². The first-order chi connectivity index (χ1) is 13.3. The van der Waals surface area contributed by atoms with Gasteiger partial charge in [-0.15, -0.1) is 0 Å². The van der Waals surface area contributed by atoms with E-state index in [9.17, 15) is 17.6 Å². The number of aryl methyl sites for hydroxylation is 1. The van der Waals surface area contributed by atoms with Crippen LogP contribution in [0.2, 0.25) is 10.0 Å². The molecule has 5 nitrogen and oxygen atoms in total. The van der Waals surface area contributed by atoms with Crippen LogP contribution in [-0.2, 0) is 21.2 Å². The van der Waals surface area contributed by atoms with E-state index in [-0.39, 0.29) is 39.7 Å². The molecule has 1 aromatic heterocycles. The molecule has 0 bridgehead atoms. The first-order valence-electron chi connectivity index (χ1n) is 8.85. The van der Waals surface area contributed by atoms with Crippen LogP contribution in [0.15, 0.2) is 41.4 Å². The van der Waals surface area contributed by atoms with Gasteiger partial charge >= 0.3 is 0 Å². The molecule has 28 heavy (non-hydrogen) atoms. The third-order valence-corrected chi connectivity index (χ3v) is 7.11. The maximum absolute atomic E-state index is 12.9. The lowest BCUT2D eigenvalue weighted by atomic mass is 9.91. The standard InChI is InChI=1S/C19H19Cl2FN2O3S/c20-14-9-15(21)11-18(10-14)28(26,27)24-7-5-13(6-8-24)19(25)4-3-17-2-1-16(22)12-23-17/h1-2,9-13H,3-8H2. The highest BCUT2D eigenvalue weighted by molar-refractivity contribution is 7.89. The zero-order valence-corrected chi connectivity index (χ0v) is 17.3.